The van der Waals surface area contributed by atoms with E-state index in [1.54, 1.807) is 0 Å². The molecule has 1 saturated carbocycles. The summed E-state index contributed by atoms with van der Waals surface area (Å²) in [5, 5.41) is 76.6. The molecule has 0 bridgehead atoms. The van der Waals surface area contributed by atoms with Crippen LogP contribution in [0.3, 0.4) is 0 Å². The lowest BCUT2D eigenvalue weighted by molar-refractivity contribution is -0.314. The molecule has 15 atom stereocenters. The van der Waals surface area contributed by atoms with E-state index in [0.29, 0.717) is 0 Å². The van der Waals surface area contributed by atoms with Crippen molar-refractivity contribution in [1.29, 1.82) is 0 Å². The molecule has 0 spiro atoms. The monoisotopic (exact) mass is 581 g/mol. The first kappa shape index (κ1) is 32.2. The van der Waals surface area contributed by atoms with Gasteiger partial charge < -0.3 is 82.9 Å². The van der Waals surface area contributed by atoms with E-state index in [2.05, 4.69) is 15.3 Å². The minimum atomic E-state index is -2.38. The van der Waals surface area contributed by atoms with Crippen LogP contribution in [-0.4, -0.2) is 159 Å². The number of nitrogens with zero attached hydrogens (tertiary/aromatic N) is 2. The van der Waals surface area contributed by atoms with Gasteiger partial charge in [-0.15, -0.1) is 0 Å². The lowest BCUT2D eigenvalue weighted by atomic mass is 9.81. The molecule has 0 aromatic carbocycles. The SMILES string of the molecule is CN[C@@H]1[C@H](O[C@H]2[C@H](O[C@H]3[C@H](O)[C@@H](O)[C@@H](N=C(N)N)[C@@H](O)[C@@H]3N=C(N)N)O[C@@H](C)[C@@]2(O)C=O)O[C@H](CO)[C@H](O)[C@H]1O. The Hall–Kier alpha value is -2.27. The summed E-state index contributed by atoms with van der Waals surface area (Å²) in [6.45, 7) is 0.620. The van der Waals surface area contributed by atoms with Crippen LogP contribution in [0, 0.1) is 0 Å². The third-order valence-electron chi connectivity index (χ3n) is 7.34. The molecule has 0 unspecified atom stereocenters. The van der Waals surface area contributed by atoms with E-state index in [9.17, 15) is 40.5 Å². The van der Waals surface area contributed by atoms with Crippen molar-refractivity contribution in [2.24, 2.45) is 32.9 Å². The van der Waals surface area contributed by atoms with Gasteiger partial charge in [0.15, 0.2) is 36.4 Å². The zero-order valence-electron chi connectivity index (χ0n) is 21.7. The molecule has 3 aliphatic rings. The third-order valence-corrected chi connectivity index (χ3v) is 7.34. The Bertz CT molecular complexity index is 940. The van der Waals surface area contributed by atoms with Gasteiger partial charge in [-0.1, -0.05) is 0 Å². The number of carbonyl (C=O) groups is 1. The predicted molar refractivity (Wildman–Crippen MR) is 133 cm³/mol. The summed E-state index contributed by atoms with van der Waals surface area (Å²) in [6.07, 6.45) is -17.3. The standard InChI is InChI=1S/C21H39N7O12/c1-5-21(36,4-30)16(40-17-9(26-2)13(34)10(31)6(3-29)38-17)18(37-5)39-15-8(28-20(24)25)11(32)7(27-19(22)23)12(33)14(15)35/h4-18,26,29,31-36H,3H2,1-2H3,(H4,22,23,27)(H4,24,25,28)/t5-,6+,7-,8-,9-,10-,11+,12-,13-,14+,15+,16-,17-,18-,21-/m0/s1. The zero-order valence-corrected chi connectivity index (χ0v) is 21.7. The average molecular weight is 582 g/mol. The number of carbonyl (C=O) groups excluding carboxylic acids is 1. The molecule has 2 aliphatic heterocycles. The molecule has 19 nitrogen and oxygen atoms in total. The molecule has 1 aliphatic carbocycles. The van der Waals surface area contributed by atoms with Crippen molar-refractivity contribution >= 4 is 18.2 Å². The number of aliphatic hydroxyl groups is 7. The number of aliphatic hydroxyl groups excluding tert-OH is 6. The molecule has 19 heteroatoms. The second kappa shape index (κ2) is 12.7. The number of nitrogens with two attached hydrogens (primary N) is 4. The highest BCUT2D eigenvalue weighted by atomic mass is 16.8. The van der Waals surface area contributed by atoms with Gasteiger partial charge in [-0.2, -0.15) is 0 Å². The Morgan fingerprint density at radius 2 is 1.50 bits per heavy atom. The largest absolute Gasteiger partial charge is 0.394 e. The number of ether oxygens (including phenoxy) is 4. The van der Waals surface area contributed by atoms with Crippen molar-refractivity contribution < 1.29 is 59.5 Å². The topological polar surface area (TPSA) is 336 Å². The molecule has 3 fully saturated rings. The minimum Gasteiger partial charge on any atom is -0.394 e. The molecular weight excluding hydrogens is 542 g/mol. The number of aldehydes is 1. The maximum atomic E-state index is 12.1. The number of hydrogen-bond donors (Lipinski definition) is 12. The summed E-state index contributed by atoms with van der Waals surface area (Å²) in [5.41, 5.74) is 19.4. The predicted octanol–water partition coefficient (Wildman–Crippen LogP) is -8.16. The van der Waals surface area contributed by atoms with E-state index < -0.39 is 110 Å². The molecule has 0 aromatic heterocycles. The summed E-state index contributed by atoms with van der Waals surface area (Å²) >= 11 is 0. The Labute approximate surface area is 228 Å². The van der Waals surface area contributed by atoms with Gasteiger partial charge in [-0.3, -0.25) is 4.79 Å². The third kappa shape index (κ3) is 6.00. The van der Waals surface area contributed by atoms with Crippen molar-refractivity contribution in [3.63, 3.8) is 0 Å². The van der Waals surface area contributed by atoms with Crippen LogP contribution in [0.1, 0.15) is 6.92 Å². The van der Waals surface area contributed by atoms with E-state index in [-0.39, 0.29) is 6.29 Å². The first-order chi connectivity index (χ1) is 18.7. The molecule has 0 radical (unpaired) electrons. The minimum absolute atomic E-state index is 0.140. The molecule has 16 N–H and O–H groups in total. The van der Waals surface area contributed by atoms with Crippen molar-refractivity contribution in [1.82, 2.24) is 5.32 Å². The maximum absolute atomic E-state index is 12.1. The van der Waals surface area contributed by atoms with Gasteiger partial charge in [0.25, 0.3) is 0 Å². The maximum Gasteiger partial charge on any atom is 0.188 e. The molecule has 230 valence electrons. The smallest absolute Gasteiger partial charge is 0.188 e. The summed E-state index contributed by atoms with van der Waals surface area (Å²) < 4.78 is 22.9. The molecule has 0 aromatic rings. The van der Waals surface area contributed by atoms with Gasteiger partial charge in [0, 0.05) is 0 Å². The second-order valence-electron chi connectivity index (χ2n) is 9.89. The Kier molecular flexibility index (Phi) is 10.2. The van der Waals surface area contributed by atoms with Crippen LogP contribution in [0.2, 0.25) is 0 Å². The zero-order chi connectivity index (χ0) is 30.1. The van der Waals surface area contributed by atoms with Crippen molar-refractivity contribution in [3.05, 3.63) is 0 Å². The summed E-state index contributed by atoms with van der Waals surface area (Å²) in [5.74, 6) is -1.03. The molecule has 0 amide bonds. The molecule has 40 heavy (non-hydrogen) atoms. The van der Waals surface area contributed by atoms with Crippen LogP contribution in [-0.2, 0) is 23.7 Å². The van der Waals surface area contributed by atoms with Crippen LogP contribution in [0.25, 0.3) is 0 Å². The van der Waals surface area contributed by atoms with Crippen LogP contribution in [0.4, 0.5) is 0 Å². The Morgan fingerprint density at radius 1 is 0.900 bits per heavy atom. The number of nitrogens with one attached hydrogen (secondary N) is 1. The second-order valence-corrected chi connectivity index (χ2v) is 9.89. The fourth-order valence-corrected chi connectivity index (χ4v) is 5.08. The Morgan fingerprint density at radius 3 is 2.02 bits per heavy atom. The quantitative estimate of drug-likeness (QED) is 0.0682. The van der Waals surface area contributed by atoms with E-state index in [4.69, 9.17) is 41.9 Å². The van der Waals surface area contributed by atoms with Crippen LogP contribution >= 0.6 is 0 Å². The lowest BCUT2D eigenvalue weighted by Gasteiger charge is -2.45. The Balaban J connectivity index is 1.96. The number of hydrogen-bond acceptors (Lipinski definition) is 15. The summed E-state index contributed by atoms with van der Waals surface area (Å²) in [4.78, 5) is 19.7. The first-order valence-corrected chi connectivity index (χ1v) is 12.4. The van der Waals surface area contributed by atoms with Gasteiger partial charge in [-0.05, 0) is 14.0 Å². The fourth-order valence-electron chi connectivity index (χ4n) is 5.08. The van der Waals surface area contributed by atoms with Gasteiger partial charge in [0.1, 0.15) is 60.9 Å². The van der Waals surface area contributed by atoms with Gasteiger partial charge in [0.05, 0.1) is 18.8 Å². The molecular formula is C21H39N7O12. The fraction of sp³-hybridized carbons (Fsp3) is 0.857. The first-order valence-electron chi connectivity index (χ1n) is 12.4. The van der Waals surface area contributed by atoms with E-state index in [0.717, 1.165) is 0 Å². The lowest BCUT2D eigenvalue weighted by Crippen LogP contribution is -2.66. The molecule has 2 saturated heterocycles. The highest BCUT2D eigenvalue weighted by molar-refractivity contribution is 5.76. The van der Waals surface area contributed by atoms with Crippen molar-refractivity contribution in [2.75, 3.05) is 13.7 Å². The summed E-state index contributed by atoms with van der Waals surface area (Å²) in [6, 6.07) is -4.08. The van der Waals surface area contributed by atoms with Crippen LogP contribution in [0.5, 0.6) is 0 Å². The highest BCUT2D eigenvalue weighted by Crippen LogP contribution is 2.38. The number of likely N-dealkylation sites (N-methyl/N-ethyl adjacent to an activating group) is 1. The highest BCUT2D eigenvalue weighted by Gasteiger charge is 2.60. The van der Waals surface area contributed by atoms with Gasteiger partial charge >= 0.3 is 0 Å². The molecule has 3 rings (SSSR count). The van der Waals surface area contributed by atoms with E-state index >= 15 is 0 Å². The normalized spacial score (nSPS) is 47.4. The summed E-state index contributed by atoms with van der Waals surface area (Å²) in [7, 11) is 1.42. The van der Waals surface area contributed by atoms with Crippen LogP contribution in [0.15, 0.2) is 9.98 Å². The van der Waals surface area contributed by atoms with Crippen LogP contribution < -0.4 is 28.3 Å². The number of rotatable bonds is 9. The van der Waals surface area contributed by atoms with Gasteiger partial charge in [0.2, 0.25) is 0 Å². The average Bonchev–Trinajstić information content (AvgIpc) is 3.13. The van der Waals surface area contributed by atoms with Crippen molar-refractivity contribution in [3.8, 4) is 0 Å². The van der Waals surface area contributed by atoms with E-state index in [1.165, 1.54) is 14.0 Å². The van der Waals surface area contributed by atoms with Gasteiger partial charge in [-0.25, -0.2) is 9.98 Å². The van der Waals surface area contributed by atoms with Crippen molar-refractivity contribution in [2.45, 2.75) is 98.2 Å². The molecule has 2 heterocycles. The number of guanidine groups is 2. The van der Waals surface area contributed by atoms with E-state index in [1.807, 2.05) is 0 Å². The number of aliphatic imine (C=N–C) groups is 2.